The molecule has 6 heteroatoms. The van der Waals surface area contributed by atoms with Crippen molar-refractivity contribution in [3.05, 3.63) is 88.5 Å². The van der Waals surface area contributed by atoms with Crippen LogP contribution in [-0.2, 0) is 11.3 Å². The van der Waals surface area contributed by atoms with E-state index in [2.05, 4.69) is 9.97 Å². The summed E-state index contributed by atoms with van der Waals surface area (Å²) >= 11 is 6.34. The Morgan fingerprint density at radius 3 is 2.68 bits per heavy atom. The molecule has 0 spiro atoms. The number of ether oxygens (including phenoxy) is 2. The van der Waals surface area contributed by atoms with Gasteiger partial charge in [-0.2, -0.15) is 0 Å². The summed E-state index contributed by atoms with van der Waals surface area (Å²) < 4.78 is 11.2. The topological polar surface area (TPSA) is 61.3 Å². The van der Waals surface area contributed by atoms with E-state index in [4.69, 9.17) is 21.1 Å². The molecule has 0 amide bonds. The van der Waals surface area contributed by atoms with Gasteiger partial charge in [-0.25, -0.2) is 14.8 Å². The van der Waals surface area contributed by atoms with Crippen molar-refractivity contribution in [3.8, 4) is 5.75 Å². The number of aromatic nitrogens is 2. The Bertz CT molecular complexity index is 1110. The molecule has 31 heavy (non-hydrogen) atoms. The predicted octanol–water partition coefficient (Wildman–Crippen LogP) is 5.98. The minimum atomic E-state index is -0.444. The van der Waals surface area contributed by atoms with Crippen molar-refractivity contribution in [2.24, 2.45) is 0 Å². The molecule has 2 aromatic carbocycles. The van der Waals surface area contributed by atoms with Crippen molar-refractivity contribution in [1.29, 1.82) is 0 Å². The summed E-state index contributed by atoms with van der Waals surface area (Å²) in [6, 6.07) is 17.3. The molecular weight excluding hydrogens is 412 g/mol. The highest BCUT2D eigenvalue weighted by Gasteiger charge is 2.23. The maximum absolute atomic E-state index is 12.1. The summed E-state index contributed by atoms with van der Waals surface area (Å²) in [4.78, 5) is 21.0. The number of carbonyl (C=O) groups excluding carboxylic acids is 1. The molecule has 5 nitrogen and oxygen atoms in total. The molecule has 1 aromatic heterocycles. The number of hydrogen-bond donors (Lipinski definition) is 0. The van der Waals surface area contributed by atoms with E-state index in [1.165, 1.54) is 0 Å². The zero-order chi connectivity index (χ0) is 21.6. The van der Waals surface area contributed by atoms with Crippen molar-refractivity contribution < 1.29 is 14.3 Å². The molecule has 158 valence electrons. The standard InChI is InChI=1S/C25H23ClN2O3/c1-2-30-25(29)22-13-14-27-24(28-22)20-10-6-9-19(20)21-15-18(26)11-12-23(21)31-16-17-7-4-3-5-8-17/h3-5,7-8,11-15H,2,6,9-10,16H2,1H3. The number of halogens is 1. The summed E-state index contributed by atoms with van der Waals surface area (Å²) in [7, 11) is 0. The quantitative estimate of drug-likeness (QED) is 0.428. The van der Waals surface area contributed by atoms with E-state index in [1.807, 2.05) is 48.5 Å². The Morgan fingerprint density at radius 1 is 1.06 bits per heavy atom. The third kappa shape index (κ3) is 4.94. The van der Waals surface area contributed by atoms with Crippen LogP contribution in [0.4, 0.5) is 0 Å². The fourth-order valence-electron chi connectivity index (χ4n) is 3.71. The minimum absolute atomic E-state index is 0.261. The summed E-state index contributed by atoms with van der Waals surface area (Å²) in [6.07, 6.45) is 4.27. The van der Waals surface area contributed by atoms with E-state index in [1.54, 1.807) is 19.2 Å². The molecule has 0 N–H and O–H groups in total. The van der Waals surface area contributed by atoms with Crippen LogP contribution < -0.4 is 4.74 Å². The van der Waals surface area contributed by atoms with Crippen molar-refractivity contribution in [2.45, 2.75) is 32.8 Å². The predicted molar refractivity (Wildman–Crippen MR) is 121 cm³/mol. The van der Waals surface area contributed by atoms with Gasteiger partial charge in [-0.3, -0.25) is 0 Å². The first kappa shape index (κ1) is 21.1. The van der Waals surface area contributed by atoms with Gasteiger partial charge in [-0.15, -0.1) is 0 Å². The normalized spacial score (nSPS) is 13.4. The van der Waals surface area contributed by atoms with Crippen LogP contribution in [0.25, 0.3) is 11.1 Å². The number of rotatable bonds is 7. The number of esters is 1. The highest BCUT2D eigenvalue weighted by atomic mass is 35.5. The maximum Gasteiger partial charge on any atom is 0.357 e. The second-order valence-corrected chi connectivity index (χ2v) is 7.65. The average Bonchev–Trinajstić information content (AvgIpc) is 3.29. The van der Waals surface area contributed by atoms with Gasteiger partial charge >= 0.3 is 5.97 Å². The van der Waals surface area contributed by atoms with E-state index < -0.39 is 5.97 Å². The van der Waals surface area contributed by atoms with Crippen LogP contribution in [-0.4, -0.2) is 22.5 Å². The molecule has 0 radical (unpaired) electrons. The van der Waals surface area contributed by atoms with Crippen molar-refractivity contribution >= 4 is 28.7 Å². The highest BCUT2D eigenvalue weighted by Crippen LogP contribution is 2.42. The molecular formula is C25H23ClN2O3. The van der Waals surface area contributed by atoms with Gasteiger partial charge in [0.05, 0.1) is 6.61 Å². The first-order chi connectivity index (χ1) is 15.2. The molecule has 0 fully saturated rings. The summed E-state index contributed by atoms with van der Waals surface area (Å²) in [5.41, 5.74) is 4.41. The van der Waals surface area contributed by atoms with Crippen LogP contribution in [0.3, 0.4) is 0 Å². The Morgan fingerprint density at radius 2 is 1.87 bits per heavy atom. The maximum atomic E-state index is 12.1. The van der Waals surface area contributed by atoms with Crippen LogP contribution >= 0.6 is 11.6 Å². The van der Waals surface area contributed by atoms with Crippen molar-refractivity contribution in [3.63, 3.8) is 0 Å². The van der Waals surface area contributed by atoms with Gasteiger partial charge in [0.2, 0.25) is 0 Å². The number of nitrogens with zero attached hydrogens (tertiary/aromatic N) is 2. The summed E-state index contributed by atoms with van der Waals surface area (Å²) in [6.45, 7) is 2.54. The van der Waals surface area contributed by atoms with Gasteiger partial charge in [-0.1, -0.05) is 41.9 Å². The average molecular weight is 435 g/mol. The van der Waals surface area contributed by atoms with Crippen molar-refractivity contribution in [2.75, 3.05) is 6.61 Å². The Kier molecular flexibility index (Phi) is 6.63. The molecule has 1 aliphatic rings. The van der Waals surface area contributed by atoms with E-state index in [-0.39, 0.29) is 5.69 Å². The molecule has 0 unspecified atom stereocenters. The second-order valence-electron chi connectivity index (χ2n) is 7.21. The molecule has 4 rings (SSSR count). The van der Waals surface area contributed by atoms with E-state index in [9.17, 15) is 4.79 Å². The second kappa shape index (κ2) is 9.75. The van der Waals surface area contributed by atoms with Gasteiger partial charge in [0.15, 0.2) is 11.5 Å². The largest absolute Gasteiger partial charge is 0.488 e. The van der Waals surface area contributed by atoms with Crippen LogP contribution in [0.1, 0.15) is 53.6 Å². The first-order valence-electron chi connectivity index (χ1n) is 10.3. The smallest absolute Gasteiger partial charge is 0.357 e. The minimum Gasteiger partial charge on any atom is -0.488 e. The zero-order valence-electron chi connectivity index (χ0n) is 17.3. The van der Waals surface area contributed by atoms with Crippen LogP contribution in [0.5, 0.6) is 5.75 Å². The Hall–Kier alpha value is -3.18. The van der Waals surface area contributed by atoms with Crippen molar-refractivity contribution in [1.82, 2.24) is 9.97 Å². The van der Waals surface area contributed by atoms with Crippen LogP contribution in [0.15, 0.2) is 60.8 Å². The van der Waals surface area contributed by atoms with Gasteiger partial charge in [-0.05, 0) is 61.6 Å². The molecule has 0 saturated carbocycles. The number of hydrogen-bond acceptors (Lipinski definition) is 5. The molecule has 1 heterocycles. The zero-order valence-corrected chi connectivity index (χ0v) is 18.1. The molecule has 3 aromatic rings. The molecule has 0 saturated heterocycles. The van der Waals surface area contributed by atoms with Crippen LogP contribution in [0.2, 0.25) is 5.02 Å². The summed E-state index contributed by atoms with van der Waals surface area (Å²) in [5.74, 6) is 0.872. The fraction of sp³-hybridized carbons (Fsp3) is 0.240. The van der Waals surface area contributed by atoms with Crippen LogP contribution in [0, 0.1) is 0 Å². The van der Waals surface area contributed by atoms with E-state index >= 15 is 0 Å². The first-order valence-corrected chi connectivity index (χ1v) is 10.7. The third-order valence-electron chi connectivity index (χ3n) is 5.13. The number of allylic oxidation sites excluding steroid dienone is 2. The molecule has 0 bridgehead atoms. The lowest BCUT2D eigenvalue weighted by Crippen LogP contribution is -2.09. The lowest BCUT2D eigenvalue weighted by molar-refractivity contribution is 0.0519. The Balaban J connectivity index is 1.69. The monoisotopic (exact) mass is 434 g/mol. The van der Waals surface area contributed by atoms with E-state index in [0.717, 1.165) is 47.3 Å². The highest BCUT2D eigenvalue weighted by molar-refractivity contribution is 6.30. The SMILES string of the molecule is CCOC(=O)c1ccnc(C2=C(c3cc(Cl)ccc3OCc3ccccc3)CCC2)n1. The lowest BCUT2D eigenvalue weighted by Gasteiger charge is -2.15. The lowest BCUT2D eigenvalue weighted by atomic mass is 10.0. The van der Waals surface area contributed by atoms with Gasteiger partial charge in [0.25, 0.3) is 0 Å². The molecule has 1 aliphatic carbocycles. The van der Waals surface area contributed by atoms with Gasteiger partial charge in [0, 0.05) is 22.4 Å². The van der Waals surface area contributed by atoms with E-state index in [0.29, 0.717) is 24.1 Å². The van der Waals surface area contributed by atoms with Gasteiger partial charge < -0.3 is 9.47 Å². The summed E-state index contributed by atoms with van der Waals surface area (Å²) in [5, 5.41) is 0.641. The third-order valence-corrected chi connectivity index (χ3v) is 5.37. The van der Waals surface area contributed by atoms with Gasteiger partial charge in [0.1, 0.15) is 12.4 Å². The Labute approximate surface area is 186 Å². The molecule has 0 atom stereocenters. The number of carbonyl (C=O) groups is 1. The fourth-order valence-corrected chi connectivity index (χ4v) is 3.88. The number of benzene rings is 2. The molecule has 0 aliphatic heterocycles.